The van der Waals surface area contributed by atoms with Crippen molar-refractivity contribution in [1.82, 2.24) is 0 Å². The van der Waals surface area contributed by atoms with Crippen molar-refractivity contribution in [2.24, 2.45) is 0 Å². The quantitative estimate of drug-likeness (QED) is 0.621. The number of hydrogen-bond donors (Lipinski definition) is 2. The largest absolute Gasteiger partial charge is 0.506 e. The van der Waals surface area contributed by atoms with E-state index in [0.717, 1.165) is 10.8 Å². The zero-order valence-corrected chi connectivity index (χ0v) is 9.16. The van der Waals surface area contributed by atoms with Crippen molar-refractivity contribution in [3.05, 3.63) is 36.4 Å². The predicted molar refractivity (Wildman–Crippen MR) is 65.0 cm³/mol. The Morgan fingerprint density at radius 3 is 2.75 bits per heavy atom. The molecule has 0 radical (unpaired) electrons. The van der Waals surface area contributed by atoms with E-state index in [1.54, 1.807) is 12.1 Å². The number of phenolic OH excluding ortho intramolecular Hbond substituents is 1. The lowest BCUT2D eigenvalue weighted by Gasteiger charge is -2.09. The normalized spacial score (nSPS) is 10.3. The summed E-state index contributed by atoms with van der Waals surface area (Å²) in [5.41, 5.74) is 0.406. The van der Waals surface area contributed by atoms with Crippen LogP contribution >= 0.6 is 11.6 Å². The van der Waals surface area contributed by atoms with Gasteiger partial charge in [0.1, 0.15) is 11.6 Å². The molecule has 2 N–H and O–H groups in total. The van der Waals surface area contributed by atoms with Crippen molar-refractivity contribution >= 4 is 34.0 Å². The first-order valence-corrected chi connectivity index (χ1v) is 5.32. The Bertz CT molecular complexity index is 540. The maximum absolute atomic E-state index is 11.2. The van der Waals surface area contributed by atoms with Crippen LogP contribution in [-0.4, -0.2) is 16.9 Å². The second-order valence-corrected chi connectivity index (χ2v) is 3.63. The second kappa shape index (κ2) is 4.41. The molecule has 4 heteroatoms. The van der Waals surface area contributed by atoms with E-state index in [1.165, 1.54) is 0 Å². The summed E-state index contributed by atoms with van der Waals surface area (Å²) >= 11 is 5.41. The third kappa shape index (κ3) is 1.95. The molecule has 82 valence electrons. The molecule has 0 fully saturated rings. The van der Waals surface area contributed by atoms with Gasteiger partial charge in [0.25, 0.3) is 0 Å². The topological polar surface area (TPSA) is 49.3 Å². The molecule has 0 aliphatic heterocycles. The Morgan fingerprint density at radius 2 is 2.00 bits per heavy atom. The van der Waals surface area contributed by atoms with E-state index in [2.05, 4.69) is 5.32 Å². The number of aromatic hydroxyl groups is 1. The van der Waals surface area contributed by atoms with Crippen molar-refractivity contribution in [3.63, 3.8) is 0 Å². The first-order chi connectivity index (χ1) is 7.72. The summed E-state index contributed by atoms with van der Waals surface area (Å²) in [6.45, 7) is 0. The molecule has 2 rings (SSSR count). The number of anilines is 1. The Labute approximate surface area is 97.7 Å². The van der Waals surface area contributed by atoms with Crippen LogP contribution in [0.1, 0.15) is 0 Å². The van der Waals surface area contributed by atoms with E-state index >= 15 is 0 Å². The van der Waals surface area contributed by atoms with Crippen LogP contribution in [0.2, 0.25) is 0 Å². The Morgan fingerprint density at radius 1 is 1.25 bits per heavy atom. The highest BCUT2D eigenvalue weighted by molar-refractivity contribution is 6.29. The van der Waals surface area contributed by atoms with Gasteiger partial charge in [-0.25, -0.2) is 0 Å². The number of fused-ring (bicyclic) bond motifs is 1. The number of benzene rings is 2. The highest BCUT2D eigenvalue weighted by Crippen LogP contribution is 2.32. The average molecular weight is 236 g/mol. The minimum absolute atomic E-state index is 0.0390. The first kappa shape index (κ1) is 10.8. The predicted octanol–water partition coefficient (Wildman–Crippen LogP) is 2.72. The van der Waals surface area contributed by atoms with E-state index in [0.29, 0.717) is 5.69 Å². The highest BCUT2D eigenvalue weighted by Gasteiger charge is 2.09. The SMILES string of the molecule is O=C(CCl)Nc1c(O)ccc2ccccc12. The molecule has 16 heavy (non-hydrogen) atoms. The number of phenols is 1. The van der Waals surface area contributed by atoms with E-state index in [9.17, 15) is 9.90 Å². The van der Waals surface area contributed by atoms with E-state index in [4.69, 9.17) is 11.6 Å². The Balaban J connectivity index is 2.57. The molecule has 0 saturated heterocycles. The number of carbonyl (C=O) groups excluding carboxylic acids is 1. The van der Waals surface area contributed by atoms with Gasteiger partial charge in [-0.05, 0) is 11.5 Å². The standard InChI is InChI=1S/C12H10ClNO2/c13-7-11(16)14-12-9-4-2-1-3-8(9)5-6-10(12)15/h1-6,15H,7H2,(H,14,16). The fraction of sp³-hybridized carbons (Fsp3) is 0.0833. The van der Waals surface area contributed by atoms with Crippen LogP contribution in [0.4, 0.5) is 5.69 Å². The van der Waals surface area contributed by atoms with Gasteiger partial charge in [0.2, 0.25) is 5.91 Å². The van der Waals surface area contributed by atoms with Crippen LogP contribution < -0.4 is 5.32 Å². The van der Waals surface area contributed by atoms with Crippen molar-refractivity contribution in [2.75, 3.05) is 11.2 Å². The summed E-state index contributed by atoms with van der Waals surface area (Å²) < 4.78 is 0. The van der Waals surface area contributed by atoms with E-state index in [-0.39, 0.29) is 17.5 Å². The van der Waals surface area contributed by atoms with Crippen LogP contribution in [0.3, 0.4) is 0 Å². The maximum Gasteiger partial charge on any atom is 0.239 e. The van der Waals surface area contributed by atoms with Gasteiger partial charge in [-0.2, -0.15) is 0 Å². The third-order valence-electron chi connectivity index (χ3n) is 2.29. The Kier molecular flexibility index (Phi) is 2.97. The summed E-state index contributed by atoms with van der Waals surface area (Å²) in [5, 5.41) is 14.0. The number of amides is 1. The van der Waals surface area contributed by atoms with Crippen molar-refractivity contribution in [2.45, 2.75) is 0 Å². The monoisotopic (exact) mass is 235 g/mol. The fourth-order valence-corrected chi connectivity index (χ4v) is 1.63. The van der Waals surface area contributed by atoms with Gasteiger partial charge < -0.3 is 10.4 Å². The number of hydrogen-bond acceptors (Lipinski definition) is 2. The molecule has 2 aromatic rings. The lowest BCUT2D eigenvalue weighted by atomic mass is 10.1. The highest BCUT2D eigenvalue weighted by atomic mass is 35.5. The summed E-state index contributed by atoms with van der Waals surface area (Å²) in [4.78, 5) is 11.2. The fourth-order valence-electron chi connectivity index (χ4n) is 1.56. The average Bonchev–Trinajstić information content (AvgIpc) is 2.32. The number of halogens is 1. The van der Waals surface area contributed by atoms with Crippen LogP contribution in [0.25, 0.3) is 10.8 Å². The van der Waals surface area contributed by atoms with Crippen LogP contribution in [0.15, 0.2) is 36.4 Å². The molecular weight excluding hydrogens is 226 g/mol. The molecule has 0 spiro atoms. The number of alkyl halides is 1. The van der Waals surface area contributed by atoms with Crippen molar-refractivity contribution in [1.29, 1.82) is 0 Å². The molecule has 0 aliphatic rings. The molecule has 0 atom stereocenters. The van der Waals surface area contributed by atoms with Gasteiger partial charge in [0, 0.05) is 5.39 Å². The number of nitrogens with one attached hydrogen (secondary N) is 1. The minimum Gasteiger partial charge on any atom is -0.506 e. The Hall–Kier alpha value is -1.74. The molecule has 0 aliphatic carbocycles. The first-order valence-electron chi connectivity index (χ1n) is 4.79. The molecule has 3 nitrogen and oxygen atoms in total. The smallest absolute Gasteiger partial charge is 0.239 e. The zero-order chi connectivity index (χ0) is 11.5. The second-order valence-electron chi connectivity index (χ2n) is 3.36. The van der Waals surface area contributed by atoms with E-state index in [1.807, 2.05) is 24.3 Å². The number of carbonyl (C=O) groups is 1. The molecule has 0 aromatic heterocycles. The zero-order valence-electron chi connectivity index (χ0n) is 8.40. The van der Waals surface area contributed by atoms with Crippen molar-refractivity contribution < 1.29 is 9.90 Å². The summed E-state index contributed by atoms with van der Waals surface area (Å²) in [6, 6.07) is 10.8. The van der Waals surface area contributed by atoms with Crippen LogP contribution in [-0.2, 0) is 4.79 Å². The van der Waals surface area contributed by atoms with Crippen molar-refractivity contribution in [3.8, 4) is 5.75 Å². The summed E-state index contributed by atoms with van der Waals surface area (Å²) in [7, 11) is 0. The van der Waals surface area contributed by atoms with Gasteiger partial charge in [0.05, 0.1) is 5.69 Å². The molecule has 2 aromatic carbocycles. The van der Waals surface area contributed by atoms with Gasteiger partial charge >= 0.3 is 0 Å². The summed E-state index contributed by atoms with van der Waals surface area (Å²) in [6.07, 6.45) is 0. The number of rotatable bonds is 2. The molecular formula is C12H10ClNO2. The lowest BCUT2D eigenvalue weighted by Crippen LogP contribution is -2.12. The van der Waals surface area contributed by atoms with Gasteiger partial charge in [-0.15, -0.1) is 11.6 Å². The molecule has 0 heterocycles. The van der Waals surface area contributed by atoms with Crippen LogP contribution in [0.5, 0.6) is 5.75 Å². The third-order valence-corrected chi connectivity index (χ3v) is 2.54. The molecule has 1 amide bonds. The maximum atomic E-state index is 11.2. The van der Waals surface area contributed by atoms with Gasteiger partial charge in [-0.1, -0.05) is 30.3 Å². The van der Waals surface area contributed by atoms with Gasteiger partial charge in [-0.3, -0.25) is 4.79 Å². The molecule has 0 saturated carbocycles. The molecule has 0 unspecified atom stereocenters. The summed E-state index contributed by atoms with van der Waals surface area (Å²) in [5.74, 6) is -0.437. The van der Waals surface area contributed by atoms with E-state index < -0.39 is 0 Å². The lowest BCUT2D eigenvalue weighted by molar-refractivity contribution is -0.113. The minimum atomic E-state index is -0.340. The molecule has 0 bridgehead atoms. The van der Waals surface area contributed by atoms with Crippen LogP contribution in [0, 0.1) is 0 Å². The van der Waals surface area contributed by atoms with Gasteiger partial charge in [0.15, 0.2) is 0 Å².